The third-order valence-electron chi connectivity index (χ3n) is 2.41. The van der Waals surface area contributed by atoms with Crippen LogP contribution in [-0.2, 0) is 11.3 Å². The van der Waals surface area contributed by atoms with Crippen molar-refractivity contribution in [3.8, 4) is 5.88 Å². The summed E-state index contributed by atoms with van der Waals surface area (Å²) in [7, 11) is 1.50. The van der Waals surface area contributed by atoms with E-state index in [1.807, 2.05) is 11.5 Å². The number of carbonyl (C=O) groups is 1. The van der Waals surface area contributed by atoms with Gasteiger partial charge in [-0.25, -0.2) is 9.97 Å². The zero-order valence-electron chi connectivity index (χ0n) is 11.2. The van der Waals surface area contributed by atoms with Crippen LogP contribution in [0.4, 0.5) is 0 Å². The molecule has 1 N–H and O–H groups in total. The van der Waals surface area contributed by atoms with Gasteiger partial charge in [0.1, 0.15) is 6.33 Å². The van der Waals surface area contributed by atoms with Gasteiger partial charge in [0, 0.05) is 6.54 Å². The number of allylic oxidation sites excluding steroid dienone is 1. The van der Waals surface area contributed by atoms with Gasteiger partial charge in [0.2, 0.25) is 5.88 Å². The minimum absolute atomic E-state index is 0.0742. The van der Waals surface area contributed by atoms with Crippen molar-refractivity contribution in [2.24, 2.45) is 0 Å². The first-order valence-corrected chi connectivity index (χ1v) is 6.75. The molecule has 8 heteroatoms. The Morgan fingerprint density at radius 2 is 2.30 bits per heavy atom. The molecule has 0 aliphatic rings. The number of hydrogen-bond donors (Lipinski definition) is 1. The Hall–Kier alpha value is -2.09. The molecule has 2 aromatic heterocycles. The summed E-state index contributed by atoms with van der Waals surface area (Å²) in [6.07, 6.45) is 1.39. The van der Waals surface area contributed by atoms with Crippen LogP contribution in [0.5, 0.6) is 5.88 Å². The summed E-state index contributed by atoms with van der Waals surface area (Å²) in [5.74, 6) is -0.607. The Bertz CT molecular complexity index is 668. The molecule has 106 valence electrons. The van der Waals surface area contributed by atoms with Crippen LogP contribution < -0.4 is 4.74 Å². The van der Waals surface area contributed by atoms with Crippen LogP contribution in [0.1, 0.15) is 6.92 Å². The molecule has 20 heavy (non-hydrogen) atoms. The summed E-state index contributed by atoms with van der Waals surface area (Å²) in [5.41, 5.74) is 2.04. The zero-order chi connectivity index (χ0) is 14.7. The predicted octanol–water partition coefficient (Wildman–Crippen LogP) is 1.59. The number of aliphatic carboxylic acids is 1. The van der Waals surface area contributed by atoms with Crippen molar-refractivity contribution in [3.63, 3.8) is 0 Å². The molecule has 0 saturated carbocycles. The fourth-order valence-electron chi connectivity index (χ4n) is 1.69. The van der Waals surface area contributed by atoms with E-state index in [0.29, 0.717) is 28.7 Å². The summed E-state index contributed by atoms with van der Waals surface area (Å²) in [5, 5.41) is 9.35. The van der Waals surface area contributed by atoms with E-state index in [2.05, 4.69) is 21.5 Å². The van der Waals surface area contributed by atoms with Crippen molar-refractivity contribution < 1.29 is 14.6 Å². The highest BCUT2D eigenvalue weighted by molar-refractivity contribution is 7.99. The Kier molecular flexibility index (Phi) is 4.23. The number of nitrogens with zero attached hydrogens (tertiary/aromatic N) is 4. The maximum atomic E-state index is 10.7. The summed E-state index contributed by atoms with van der Waals surface area (Å²) < 4.78 is 6.97. The molecule has 0 amide bonds. The second-order valence-corrected chi connectivity index (χ2v) is 5.12. The van der Waals surface area contributed by atoms with Crippen molar-refractivity contribution in [3.05, 3.63) is 18.5 Å². The third kappa shape index (κ3) is 2.90. The van der Waals surface area contributed by atoms with Crippen LogP contribution in [0.2, 0.25) is 0 Å². The van der Waals surface area contributed by atoms with Crippen molar-refractivity contribution in [2.45, 2.75) is 18.6 Å². The lowest BCUT2D eigenvalue weighted by molar-refractivity contribution is -0.133. The number of rotatable bonds is 6. The normalized spacial score (nSPS) is 10.7. The van der Waals surface area contributed by atoms with Crippen molar-refractivity contribution in [1.82, 2.24) is 19.5 Å². The van der Waals surface area contributed by atoms with Crippen LogP contribution in [0, 0.1) is 0 Å². The van der Waals surface area contributed by atoms with Crippen LogP contribution in [0.25, 0.3) is 11.2 Å². The van der Waals surface area contributed by atoms with Gasteiger partial charge in [-0.3, -0.25) is 9.36 Å². The fraction of sp³-hybridized carbons (Fsp3) is 0.333. The molecular formula is C12H14N4O3S. The number of carboxylic acid groups (broad SMARTS) is 1. The number of fused-ring (bicyclic) bond motifs is 1. The van der Waals surface area contributed by atoms with E-state index in [0.717, 1.165) is 17.3 Å². The number of hydrogen-bond acceptors (Lipinski definition) is 6. The molecule has 0 bridgehead atoms. The highest BCUT2D eigenvalue weighted by atomic mass is 32.2. The lowest BCUT2D eigenvalue weighted by Gasteiger charge is -2.06. The highest BCUT2D eigenvalue weighted by Gasteiger charge is 2.17. The molecule has 2 aromatic rings. The third-order valence-corrected chi connectivity index (χ3v) is 3.37. The molecule has 0 aromatic carbocycles. The van der Waals surface area contributed by atoms with E-state index < -0.39 is 5.97 Å². The first kappa shape index (κ1) is 14.3. The lowest BCUT2D eigenvalue weighted by atomic mass is 10.3. The average Bonchev–Trinajstić information content (AvgIpc) is 2.74. The molecule has 0 fully saturated rings. The summed E-state index contributed by atoms with van der Waals surface area (Å²) >= 11 is 1.13. The largest absolute Gasteiger partial charge is 0.481 e. The van der Waals surface area contributed by atoms with Gasteiger partial charge in [-0.2, -0.15) is 4.98 Å². The zero-order valence-corrected chi connectivity index (χ0v) is 12.0. The van der Waals surface area contributed by atoms with Crippen LogP contribution in [0.3, 0.4) is 0 Å². The molecule has 0 atom stereocenters. The highest BCUT2D eigenvalue weighted by Crippen LogP contribution is 2.27. The molecule has 2 rings (SSSR count). The van der Waals surface area contributed by atoms with E-state index in [9.17, 15) is 4.79 Å². The smallest absolute Gasteiger partial charge is 0.313 e. The van der Waals surface area contributed by atoms with E-state index in [1.165, 1.54) is 13.4 Å². The molecule has 7 nitrogen and oxygen atoms in total. The van der Waals surface area contributed by atoms with E-state index in [1.54, 1.807) is 0 Å². The Balaban J connectivity index is 2.53. The summed E-state index contributed by atoms with van der Waals surface area (Å²) in [6, 6.07) is 0. The monoisotopic (exact) mass is 294 g/mol. The summed E-state index contributed by atoms with van der Waals surface area (Å²) in [6.45, 7) is 6.26. The molecule has 0 aliphatic carbocycles. The Morgan fingerprint density at radius 1 is 1.55 bits per heavy atom. The Morgan fingerprint density at radius 3 is 2.90 bits per heavy atom. The van der Waals surface area contributed by atoms with E-state index >= 15 is 0 Å². The molecular weight excluding hydrogens is 280 g/mol. The van der Waals surface area contributed by atoms with Gasteiger partial charge < -0.3 is 9.84 Å². The number of methoxy groups -OCH3 is 1. The van der Waals surface area contributed by atoms with Crippen molar-refractivity contribution in [2.75, 3.05) is 12.9 Å². The minimum Gasteiger partial charge on any atom is -0.481 e. The first-order valence-electron chi connectivity index (χ1n) is 5.77. The van der Waals surface area contributed by atoms with Crippen molar-refractivity contribution in [1.29, 1.82) is 0 Å². The van der Waals surface area contributed by atoms with Gasteiger partial charge in [0.15, 0.2) is 16.3 Å². The number of aromatic nitrogens is 4. The van der Waals surface area contributed by atoms with Gasteiger partial charge in [-0.15, -0.1) is 0 Å². The number of carboxylic acids is 1. The van der Waals surface area contributed by atoms with Crippen LogP contribution >= 0.6 is 11.8 Å². The first-order chi connectivity index (χ1) is 9.52. The SMILES string of the molecule is C=C(C)Cn1c(SCC(=O)O)nc2c(OC)ncnc21. The fourth-order valence-corrected chi connectivity index (χ4v) is 2.41. The number of ether oxygens (including phenoxy) is 1. The van der Waals surface area contributed by atoms with Crippen LogP contribution in [0.15, 0.2) is 23.6 Å². The van der Waals surface area contributed by atoms with Crippen LogP contribution in [-0.4, -0.2) is 43.5 Å². The van der Waals surface area contributed by atoms with E-state index in [-0.39, 0.29) is 5.75 Å². The van der Waals surface area contributed by atoms with Gasteiger partial charge in [-0.1, -0.05) is 23.9 Å². The maximum absolute atomic E-state index is 10.7. The Labute approximate surface area is 119 Å². The second-order valence-electron chi connectivity index (χ2n) is 4.18. The van der Waals surface area contributed by atoms with Gasteiger partial charge in [-0.05, 0) is 6.92 Å². The average molecular weight is 294 g/mol. The molecule has 0 radical (unpaired) electrons. The van der Waals surface area contributed by atoms with Gasteiger partial charge in [0.25, 0.3) is 0 Å². The predicted molar refractivity (Wildman–Crippen MR) is 75.0 cm³/mol. The van der Waals surface area contributed by atoms with Crippen molar-refractivity contribution >= 4 is 28.9 Å². The standard InChI is InChI=1S/C12H14N4O3S/c1-7(2)4-16-10-9(11(19-3)14-6-13-10)15-12(16)20-5-8(17)18/h6H,1,4-5H2,2-3H3,(H,17,18). The molecule has 2 heterocycles. The minimum atomic E-state index is -0.901. The number of imidazole rings is 1. The second kappa shape index (κ2) is 5.91. The molecule has 0 saturated heterocycles. The summed E-state index contributed by atoms with van der Waals surface area (Å²) in [4.78, 5) is 23.3. The van der Waals surface area contributed by atoms with Gasteiger partial charge >= 0.3 is 5.97 Å². The number of thioether (sulfide) groups is 1. The quantitative estimate of drug-likeness (QED) is 0.639. The van der Waals surface area contributed by atoms with E-state index in [4.69, 9.17) is 9.84 Å². The lowest BCUT2D eigenvalue weighted by Crippen LogP contribution is -2.04. The molecule has 0 unspecified atom stereocenters. The maximum Gasteiger partial charge on any atom is 0.313 e. The molecule has 0 aliphatic heterocycles. The molecule has 0 spiro atoms. The topological polar surface area (TPSA) is 90.1 Å². The van der Waals surface area contributed by atoms with Gasteiger partial charge in [0.05, 0.1) is 12.9 Å².